The Morgan fingerprint density at radius 1 is 1.38 bits per heavy atom. The molecule has 0 aliphatic carbocycles. The molecule has 84 valence electrons. The lowest BCUT2D eigenvalue weighted by Crippen LogP contribution is -2.13. The molecule has 0 aliphatic rings. The number of halogens is 1. The molecule has 0 spiro atoms. The summed E-state index contributed by atoms with van der Waals surface area (Å²) in [4.78, 5) is 4.35. The largest absolute Gasteiger partial charge is 0.318 e. The second kappa shape index (κ2) is 4.31. The van der Waals surface area contributed by atoms with Crippen LogP contribution in [0.2, 0.25) is 0 Å². The molecule has 16 heavy (non-hydrogen) atoms. The summed E-state index contributed by atoms with van der Waals surface area (Å²) in [6.07, 6.45) is 0. The molecule has 0 amide bonds. The standard InChI is InChI=1S/C12H13FN2S/c1-7-5-9(13)3-4-10(7)11(14)12-15-8(2)6-16-12/h3-6,11H,14H2,1-2H3. The third kappa shape index (κ3) is 2.13. The summed E-state index contributed by atoms with van der Waals surface area (Å²) in [7, 11) is 0. The Kier molecular flexibility index (Phi) is 3.03. The van der Waals surface area contributed by atoms with E-state index in [9.17, 15) is 4.39 Å². The van der Waals surface area contributed by atoms with Crippen molar-refractivity contribution in [2.45, 2.75) is 19.9 Å². The molecule has 1 aromatic heterocycles. The number of hydrogen-bond donors (Lipinski definition) is 1. The lowest BCUT2D eigenvalue weighted by atomic mass is 10.0. The summed E-state index contributed by atoms with van der Waals surface area (Å²) in [5, 5.41) is 2.83. The van der Waals surface area contributed by atoms with Crippen molar-refractivity contribution in [2.24, 2.45) is 5.73 Å². The van der Waals surface area contributed by atoms with Crippen LogP contribution in [0.3, 0.4) is 0 Å². The Labute approximate surface area is 97.9 Å². The van der Waals surface area contributed by atoms with Crippen LogP contribution in [0, 0.1) is 19.7 Å². The molecule has 1 aromatic carbocycles. The lowest BCUT2D eigenvalue weighted by molar-refractivity contribution is 0.624. The molecule has 1 atom stereocenters. The van der Waals surface area contributed by atoms with E-state index in [2.05, 4.69) is 4.98 Å². The summed E-state index contributed by atoms with van der Waals surface area (Å²) in [5.74, 6) is -0.233. The van der Waals surface area contributed by atoms with Crippen LogP contribution in [0.25, 0.3) is 0 Å². The number of benzene rings is 1. The molecule has 2 nitrogen and oxygen atoms in total. The first-order chi connectivity index (χ1) is 7.58. The SMILES string of the molecule is Cc1csc(C(N)c2ccc(F)cc2C)n1. The van der Waals surface area contributed by atoms with E-state index in [1.165, 1.54) is 23.5 Å². The number of rotatable bonds is 2. The Hall–Kier alpha value is -1.26. The van der Waals surface area contributed by atoms with Gasteiger partial charge >= 0.3 is 0 Å². The smallest absolute Gasteiger partial charge is 0.123 e. The predicted octanol–water partition coefficient (Wildman–Crippen LogP) is 2.95. The molecule has 0 radical (unpaired) electrons. The Balaban J connectivity index is 2.37. The van der Waals surface area contributed by atoms with E-state index in [0.29, 0.717) is 0 Å². The van der Waals surface area contributed by atoms with Crippen LogP contribution in [0.4, 0.5) is 4.39 Å². The molecule has 0 bridgehead atoms. The van der Waals surface area contributed by atoms with Crippen molar-refractivity contribution < 1.29 is 4.39 Å². The first-order valence-electron chi connectivity index (χ1n) is 5.01. The van der Waals surface area contributed by atoms with Crippen LogP contribution in [0.5, 0.6) is 0 Å². The average Bonchev–Trinajstić information content (AvgIpc) is 2.64. The maximum absolute atomic E-state index is 13.0. The maximum Gasteiger partial charge on any atom is 0.123 e. The van der Waals surface area contributed by atoms with E-state index in [1.807, 2.05) is 19.2 Å². The minimum Gasteiger partial charge on any atom is -0.318 e. The van der Waals surface area contributed by atoms with Crippen molar-refractivity contribution in [2.75, 3.05) is 0 Å². The molecule has 0 saturated heterocycles. The van der Waals surface area contributed by atoms with Crippen molar-refractivity contribution >= 4 is 11.3 Å². The van der Waals surface area contributed by atoms with Crippen LogP contribution in [0.15, 0.2) is 23.6 Å². The van der Waals surface area contributed by atoms with E-state index >= 15 is 0 Å². The highest BCUT2D eigenvalue weighted by atomic mass is 32.1. The fraction of sp³-hybridized carbons (Fsp3) is 0.250. The molecule has 4 heteroatoms. The van der Waals surface area contributed by atoms with Gasteiger partial charge in [-0.2, -0.15) is 0 Å². The second-order valence-corrected chi connectivity index (χ2v) is 4.70. The van der Waals surface area contributed by atoms with E-state index < -0.39 is 0 Å². The van der Waals surface area contributed by atoms with Crippen molar-refractivity contribution in [3.8, 4) is 0 Å². The van der Waals surface area contributed by atoms with Gasteiger partial charge in [0.25, 0.3) is 0 Å². The minimum absolute atomic E-state index is 0.233. The third-order valence-electron chi connectivity index (χ3n) is 2.47. The van der Waals surface area contributed by atoms with Crippen LogP contribution >= 0.6 is 11.3 Å². The molecule has 2 rings (SSSR count). The molecule has 2 N–H and O–H groups in total. The first kappa shape index (κ1) is 11.2. The number of nitrogens with two attached hydrogens (primary N) is 1. The van der Waals surface area contributed by atoms with Gasteiger partial charge in [-0.15, -0.1) is 11.3 Å². The molecule has 1 unspecified atom stereocenters. The zero-order chi connectivity index (χ0) is 11.7. The molecular weight excluding hydrogens is 223 g/mol. The quantitative estimate of drug-likeness (QED) is 0.870. The van der Waals surface area contributed by atoms with Crippen molar-refractivity contribution in [3.63, 3.8) is 0 Å². The highest BCUT2D eigenvalue weighted by Gasteiger charge is 2.14. The van der Waals surface area contributed by atoms with E-state index in [4.69, 9.17) is 5.73 Å². The van der Waals surface area contributed by atoms with Crippen molar-refractivity contribution in [1.82, 2.24) is 4.98 Å². The zero-order valence-electron chi connectivity index (χ0n) is 9.20. The second-order valence-electron chi connectivity index (χ2n) is 3.81. The first-order valence-corrected chi connectivity index (χ1v) is 5.89. The number of aromatic nitrogens is 1. The number of hydrogen-bond acceptors (Lipinski definition) is 3. The van der Waals surface area contributed by atoms with Gasteiger partial charge in [0, 0.05) is 11.1 Å². The number of thiazole rings is 1. The monoisotopic (exact) mass is 236 g/mol. The molecule has 0 saturated carbocycles. The molecule has 0 fully saturated rings. The van der Waals surface area contributed by atoms with Gasteiger partial charge in [0.05, 0.1) is 6.04 Å². The summed E-state index contributed by atoms with van der Waals surface area (Å²) in [6, 6.07) is 4.39. The van der Waals surface area contributed by atoms with Crippen molar-refractivity contribution in [1.29, 1.82) is 0 Å². The van der Waals surface area contributed by atoms with Gasteiger partial charge in [-0.1, -0.05) is 6.07 Å². The van der Waals surface area contributed by atoms with Crippen LogP contribution in [0.1, 0.15) is 27.9 Å². The van der Waals surface area contributed by atoms with Gasteiger partial charge in [-0.3, -0.25) is 0 Å². The highest BCUT2D eigenvalue weighted by molar-refractivity contribution is 7.09. The van der Waals surface area contributed by atoms with Crippen LogP contribution in [-0.2, 0) is 0 Å². The Bertz CT molecular complexity index is 507. The van der Waals surface area contributed by atoms with E-state index in [0.717, 1.165) is 21.8 Å². The fourth-order valence-electron chi connectivity index (χ4n) is 1.64. The maximum atomic E-state index is 13.0. The molecular formula is C12H13FN2S. The number of nitrogens with zero attached hydrogens (tertiary/aromatic N) is 1. The van der Waals surface area contributed by atoms with Crippen LogP contribution in [-0.4, -0.2) is 4.98 Å². The normalized spacial score (nSPS) is 12.8. The number of aryl methyl sites for hydroxylation is 2. The summed E-state index contributed by atoms with van der Waals surface area (Å²) in [5.41, 5.74) is 8.86. The molecule has 2 aromatic rings. The summed E-state index contributed by atoms with van der Waals surface area (Å²) < 4.78 is 13.0. The van der Waals surface area contributed by atoms with E-state index in [-0.39, 0.29) is 11.9 Å². The topological polar surface area (TPSA) is 38.9 Å². The summed E-state index contributed by atoms with van der Waals surface area (Å²) in [6.45, 7) is 3.79. The minimum atomic E-state index is -0.265. The van der Waals surface area contributed by atoms with Gasteiger partial charge in [-0.25, -0.2) is 9.37 Å². The van der Waals surface area contributed by atoms with E-state index in [1.54, 1.807) is 6.07 Å². The molecule has 1 heterocycles. The van der Waals surface area contributed by atoms with Gasteiger partial charge < -0.3 is 5.73 Å². The predicted molar refractivity (Wildman–Crippen MR) is 64.0 cm³/mol. The average molecular weight is 236 g/mol. The third-order valence-corrected chi connectivity index (χ3v) is 3.52. The van der Waals surface area contributed by atoms with Gasteiger partial charge in [0.15, 0.2) is 0 Å². The highest BCUT2D eigenvalue weighted by Crippen LogP contribution is 2.25. The summed E-state index contributed by atoms with van der Waals surface area (Å²) >= 11 is 1.54. The van der Waals surface area contributed by atoms with Gasteiger partial charge in [-0.05, 0) is 37.1 Å². The fourth-order valence-corrected chi connectivity index (χ4v) is 2.45. The van der Waals surface area contributed by atoms with Crippen molar-refractivity contribution in [3.05, 3.63) is 51.2 Å². The lowest BCUT2D eigenvalue weighted by Gasteiger charge is -2.12. The Morgan fingerprint density at radius 2 is 2.12 bits per heavy atom. The van der Waals surface area contributed by atoms with Crippen LogP contribution < -0.4 is 5.73 Å². The van der Waals surface area contributed by atoms with Gasteiger partial charge in [0.2, 0.25) is 0 Å². The Morgan fingerprint density at radius 3 is 2.69 bits per heavy atom. The molecule has 0 aliphatic heterocycles. The zero-order valence-corrected chi connectivity index (χ0v) is 10.0. The van der Waals surface area contributed by atoms with Gasteiger partial charge in [0.1, 0.15) is 10.8 Å².